The van der Waals surface area contributed by atoms with Gasteiger partial charge in [0, 0.05) is 12.6 Å². The van der Waals surface area contributed by atoms with E-state index in [4.69, 9.17) is 28.9 Å². The van der Waals surface area contributed by atoms with Crippen molar-refractivity contribution in [2.75, 3.05) is 26.4 Å². The van der Waals surface area contributed by atoms with E-state index in [9.17, 15) is 21.6 Å². The van der Waals surface area contributed by atoms with Gasteiger partial charge in [-0.15, -0.1) is 13.2 Å². The smallest absolute Gasteiger partial charge is 0.406 e. The Kier molecular flexibility index (Phi) is 7.28. The number of halogens is 5. The highest BCUT2D eigenvalue weighted by Gasteiger charge is 2.32. The predicted octanol–water partition coefficient (Wildman–Crippen LogP) is 4.06. The highest BCUT2D eigenvalue weighted by Crippen LogP contribution is 2.30. The maximum absolute atomic E-state index is 12.8. The first kappa shape index (κ1) is 23.6. The van der Waals surface area contributed by atoms with Crippen molar-refractivity contribution < 1.29 is 26.3 Å². The third kappa shape index (κ3) is 6.65. The number of hydrogen-bond donors (Lipinski definition) is 2. The molecule has 0 heterocycles. The van der Waals surface area contributed by atoms with Gasteiger partial charge in [-0.25, -0.2) is 13.1 Å². The highest BCUT2D eigenvalue weighted by atomic mass is 35.5. The van der Waals surface area contributed by atoms with Crippen LogP contribution in [0.25, 0.3) is 0 Å². The normalized spacial score (nSPS) is 13.5. The molecule has 0 saturated carbocycles. The van der Waals surface area contributed by atoms with Crippen LogP contribution in [0.4, 0.5) is 18.9 Å². The van der Waals surface area contributed by atoms with E-state index in [2.05, 4.69) is 9.46 Å². The van der Waals surface area contributed by atoms with Gasteiger partial charge in [0.05, 0.1) is 21.8 Å². The van der Waals surface area contributed by atoms with Gasteiger partial charge in [-0.05, 0) is 43.9 Å². The van der Waals surface area contributed by atoms with E-state index >= 15 is 0 Å². The summed E-state index contributed by atoms with van der Waals surface area (Å²) >= 11 is 11.9. The fourth-order valence-corrected chi connectivity index (χ4v) is 4.16. The molecule has 6 nitrogen and oxygen atoms in total. The van der Waals surface area contributed by atoms with Crippen molar-refractivity contribution in [2.24, 2.45) is 0 Å². The summed E-state index contributed by atoms with van der Waals surface area (Å²) in [6.45, 7) is 0.270. The Morgan fingerprint density at radius 1 is 1.14 bits per heavy atom. The molecule has 29 heavy (non-hydrogen) atoms. The number of nitrogens with one attached hydrogen (secondary N) is 1. The molecule has 1 atom stereocenters. The SMILES string of the molecule is CN(C)C[C@@H](NS(=O)(=O)c1ccc(OC(F)(F)F)cc1N)c1ccc(Cl)c(Cl)c1. The average molecular weight is 472 g/mol. The molecule has 0 aromatic heterocycles. The maximum atomic E-state index is 12.8. The van der Waals surface area contributed by atoms with E-state index in [1.165, 1.54) is 12.1 Å². The number of nitrogens with zero attached hydrogens (tertiary/aromatic N) is 1. The molecule has 0 aliphatic carbocycles. The molecular weight excluding hydrogens is 454 g/mol. The van der Waals surface area contributed by atoms with Gasteiger partial charge >= 0.3 is 6.36 Å². The zero-order valence-corrected chi connectivity index (χ0v) is 17.6. The molecule has 0 saturated heterocycles. The molecule has 2 rings (SSSR count). The molecule has 0 aliphatic heterocycles. The first-order valence-corrected chi connectivity index (χ1v) is 10.3. The van der Waals surface area contributed by atoms with Gasteiger partial charge in [-0.2, -0.15) is 0 Å². The highest BCUT2D eigenvalue weighted by molar-refractivity contribution is 7.89. The number of anilines is 1. The topological polar surface area (TPSA) is 84.7 Å². The van der Waals surface area contributed by atoms with Crippen molar-refractivity contribution in [1.29, 1.82) is 0 Å². The van der Waals surface area contributed by atoms with Gasteiger partial charge in [0.1, 0.15) is 10.6 Å². The minimum Gasteiger partial charge on any atom is -0.406 e. The van der Waals surface area contributed by atoms with Crippen molar-refractivity contribution >= 4 is 38.9 Å². The first-order chi connectivity index (χ1) is 13.3. The second-order valence-electron chi connectivity index (χ2n) is 6.36. The second-order valence-corrected chi connectivity index (χ2v) is 8.85. The molecule has 160 valence electrons. The van der Waals surface area contributed by atoms with Crippen LogP contribution in [-0.2, 0) is 10.0 Å². The van der Waals surface area contributed by atoms with Gasteiger partial charge in [-0.3, -0.25) is 0 Å². The molecule has 0 unspecified atom stereocenters. The van der Waals surface area contributed by atoms with Crippen molar-refractivity contribution in [3.63, 3.8) is 0 Å². The monoisotopic (exact) mass is 471 g/mol. The molecule has 0 aliphatic rings. The minimum absolute atomic E-state index is 0.250. The van der Waals surface area contributed by atoms with Crippen LogP contribution in [0.15, 0.2) is 41.3 Å². The van der Waals surface area contributed by atoms with E-state index in [-0.39, 0.29) is 16.5 Å². The van der Waals surface area contributed by atoms with Crippen LogP contribution in [0.5, 0.6) is 5.75 Å². The molecule has 0 radical (unpaired) electrons. The number of ether oxygens (including phenoxy) is 1. The Morgan fingerprint density at radius 2 is 1.79 bits per heavy atom. The van der Waals surface area contributed by atoms with Crippen molar-refractivity contribution in [3.8, 4) is 5.75 Å². The van der Waals surface area contributed by atoms with Crippen molar-refractivity contribution in [2.45, 2.75) is 17.3 Å². The lowest BCUT2D eigenvalue weighted by molar-refractivity contribution is -0.274. The molecule has 2 aromatic rings. The Bertz CT molecular complexity index is 986. The number of sulfonamides is 1. The lowest BCUT2D eigenvalue weighted by atomic mass is 10.1. The molecule has 2 aromatic carbocycles. The number of nitrogen functional groups attached to an aromatic ring is 1. The molecule has 0 amide bonds. The second kappa shape index (κ2) is 8.97. The van der Waals surface area contributed by atoms with Crippen LogP contribution in [-0.4, -0.2) is 40.3 Å². The van der Waals surface area contributed by atoms with E-state index in [1.54, 1.807) is 25.1 Å². The lowest BCUT2D eigenvalue weighted by Crippen LogP contribution is -2.35. The molecule has 0 spiro atoms. The van der Waals surface area contributed by atoms with Gasteiger partial charge in [0.15, 0.2) is 0 Å². The third-order valence-electron chi connectivity index (χ3n) is 3.70. The van der Waals surface area contributed by atoms with Crippen LogP contribution in [0.3, 0.4) is 0 Å². The summed E-state index contributed by atoms with van der Waals surface area (Å²) in [5.41, 5.74) is 5.83. The predicted molar refractivity (Wildman–Crippen MR) is 106 cm³/mol. The minimum atomic E-state index is -4.92. The lowest BCUT2D eigenvalue weighted by Gasteiger charge is -2.23. The zero-order chi connectivity index (χ0) is 22.0. The van der Waals surface area contributed by atoms with Crippen molar-refractivity contribution in [3.05, 3.63) is 52.0 Å². The number of likely N-dealkylation sites (N-methyl/N-ethyl adjacent to an activating group) is 1. The van der Waals surface area contributed by atoms with Crippen LogP contribution in [0, 0.1) is 0 Å². The largest absolute Gasteiger partial charge is 0.573 e. The fraction of sp³-hybridized carbons (Fsp3) is 0.294. The van der Waals surface area contributed by atoms with E-state index in [0.717, 1.165) is 18.2 Å². The number of alkyl halides is 3. The van der Waals surface area contributed by atoms with E-state index < -0.39 is 33.9 Å². The van der Waals surface area contributed by atoms with Gasteiger partial charge in [0.25, 0.3) is 0 Å². The Labute approximate surface area is 176 Å². The standard InChI is InChI=1S/C17H18Cl2F3N3O3S/c1-25(2)9-15(10-3-5-12(18)13(19)7-10)24-29(26,27)16-6-4-11(8-14(16)23)28-17(20,21)22/h3-8,15,24H,9,23H2,1-2H3/t15-/m1/s1. The van der Waals surface area contributed by atoms with Crippen LogP contribution in [0.2, 0.25) is 10.0 Å². The Morgan fingerprint density at radius 3 is 2.31 bits per heavy atom. The van der Waals surface area contributed by atoms with Crippen LogP contribution < -0.4 is 15.2 Å². The molecule has 0 fully saturated rings. The zero-order valence-electron chi connectivity index (χ0n) is 15.3. The summed E-state index contributed by atoms with van der Waals surface area (Å²) in [5.74, 6) is -0.622. The summed E-state index contributed by atoms with van der Waals surface area (Å²) in [6, 6.07) is 6.57. The summed E-state index contributed by atoms with van der Waals surface area (Å²) in [7, 11) is -0.689. The van der Waals surface area contributed by atoms with Crippen LogP contribution in [0.1, 0.15) is 11.6 Å². The third-order valence-corrected chi connectivity index (χ3v) is 5.98. The van der Waals surface area contributed by atoms with Crippen molar-refractivity contribution in [1.82, 2.24) is 9.62 Å². The summed E-state index contributed by atoms with van der Waals surface area (Å²) in [6.07, 6.45) is -4.92. The maximum Gasteiger partial charge on any atom is 0.573 e. The Balaban J connectivity index is 2.35. The number of benzene rings is 2. The average Bonchev–Trinajstić information content (AvgIpc) is 2.54. The fourth-order valence-electron chi connectivity index (χ4n) is 2.52. The van der Waals surface area contributed by atoms with E-state index in [1.807, 2.05) is 0 Å². The first-order valence-electron chi connectivity index (χ1n) is 8.06. The number of rotatable bonds is 7. The van der Waals surface area contributed by atoms with Gasteiger partial charge in [0.2, 0.25) is 10.0 Å². The number of hydrogen-bond acceptors (Lipinski definition) is 5. The number of nitrogens with two attached hydrogens (primary N) is 1. The summed E-state index contributed by atoms with van der Waals surface area (Å²) < 4.78 is 68.9. The Hall–Kier alpha value is -1.72. The molecular formula is C17H18Cl2F3N3O3S. The summed E-state index contributed by atoms with van der Waals surface area (Å²) in [5, 5.41) is 0.562. The van der Waals surface area contributed by atoms with E-state index in [0.29, 0.717) is 10.6 Å². The molecule has 12 heteroatoms. The molecule has 0 bridgehead atoms. The van der Waals surface area contributed by atoms with Gasteiger partial charge in [-0.1, -0.05) is 29.3 Å². The molecule has 3 N–H and O–H groups in total. The quantitative estimate of drug-likeness (QED) is 0.594. The van der Waals surface area contributed by atoms with Gasteiger partial charge < -0.3 is 15.4 Å². The van der Waals surface area contributed by atoms with Crippen LogP contribution >= 0.6 is 23.2 Å². The summed E-state index contributed by atoms with van der Waals surface area (Å²) in [4.78, 5) is 1.37.